The quantitative estimate of drug-likeness (QED) is 0.497. The predicted octanol–water partition coefficient (Wildman–Crippen LogP) is 4.44. The van der Waals surface area contributed by atoms with Gasteiger partial charge in [0.25, 0.3) is 0 Å². The summed E-state index contributed by atoms with van der Waals surface area (Å²) in [6, 6.07) is 14.2. The topological polar surface area (TPSA) is 53.6 Å². The fourth-order valence-electron chi connectivity index (χ4n) is 3.60. The van der Waals surface area contributed by atoms with Crippen LogP contribution in [-0.4, -0.2) is 30.7 Å². The molecule has 0 aliphatic carbocycles. The number of amides is 1. The van der Waals surface area contributed by atoms with Gasteiger partial charge in [0.1, 0.15) is 5.75 Å². The maximum atomic E-state index is 12.0. The summed E-state index contributed by atoms with van der Waals surface area (Å²) in [5.41, 5.74) is 4.21. The third-order valence-electron chi connectivity index (χ3n) is 5.00. The number of rotatable bonds is 8. The van der Waals surface area contributed by atoms with Crippen LogP contribution in [0.4, 0.5) is 11.4 Å². The largest absolute Gasteiger partial charge is 0.494 e. The van der Waals surface area contributed by atoms with Crippen molar-refractivity contribution in [3.8, 4) is 5.75 Å². The molecular formula is C23H29N3O2S. The summed E-state index contributed by atoms with van der Waals surface area (Å²) in [6.07, 6.45) is 3.47. The molecule has 0 radical (unpaired) electrons. The van der Waals surface area contributed by atoms with Gasteiger partial charge in [-0.05, 0) is 80.7 Å². The molecule has 1 fully saturated rings. The van der Waals surface area contributed by atoms with Crippen LogP contribution in [0, 0.1) is 6.92 Å². The molecule has 1 heterocycles. The van der Waals surface area contributed by atoms with Crippen molar-refractivity contribution >= 4 is 34.6 Å². The summed E-state index contributed by atoms with van der Waals surface area (Å²) < 4.78 is 5.68. The fraction of sp³-hybridized carbons (Fsp3) is 0.391. The lowest BCUT2D eigenvalue weighted by atomic mass is 10.1. The van der Waals surface area contributed by atoms with E-state index in [2.05, 4.69) is 16.7 Å². The van der Waals surface area contributed by atoms with E-state index in [1.165, 1.54) is 5.56 Å². The molecule has 2 aromatic carbocycles. The zero-order chi connectivity index (χ0) is 20.6. The Hall–Kier alpha value is -2.60. The van der Waals surface area contributed by atoms with Crippen molar-refractivity contribution in [3.05, 3.63) is 53.6 Å². The molecule has 1 amide bonds. The Kier molecular flexibility index (Phi) is 7.47. The van der Waals surface area contributed by atoms with Crippen molar-refractivity contribution in [2.24, 2.45) is 0 Å². The average Bonchev–Trinajstić information content (AvgIpc) is 3.12. The van der Waals surface area contributed by atoms with Crippen LogP contribution in [0.3, 0.4) is 0 Å². The Bertz CT molecular complexity index is 869. The predicted molar refractivity (Wildman–Crippen MR) is 123 cm³/mol. The molecule has 1 aliphatic rings. The number of ether oxygens (including phenoxy) is 1. The van der Waals surface area contributed by atoms with E-state index in [9.17, 15) is 4.79 Å². The van der Waals surface area contributed by atoms with Gasteiger partial charge in [-0.3, -0.25) is 4.79 Å². The molecule has 29 heavy (non-hydrogen) atoms. The molecule has 5 nitrogen and oxygen atoms in total. The molecule has 6 heteroatoms. The number of para-hydroxylation sites is 1. The highest BCUT2D eigenvalue weighted by Gasteiger charge is 2.22. The number of nitrogens with zero attached hydrogens (tertiary/aromatic N) is 1. The Morgan fingerprint density at radius 3 is 2.79 bits per heavy atom. The van der Waals surface area contributed by atoms with Crippen LogP contribution in [0.1, 0.15) is 37.3 Å². The van der Waals surface area contributed by atoms with E-state index >= 15 is 0 Å². The Labute approximate surface area is 178 Å². The van der Waals surface area contributed by atoms with Crippen molar-refractivity contribution in [3.63, 3.8) is 0 Å². The summed E-state index contributed by atoms with van der Waals surface area (Å²) in [7, 11) is 0. The van der Waals surface area contributed by atoms with E-state index in [4.69, 9.17) is 17.0 Å². The number of benzene rings is 2. The van der Waals surface area contributed by atoms with E-state index in [0.717, 1.165) is 55.0 Å². The highest BCUT2D eigenvalue weighted by Crippen LogP contribution is 2.27. The van der Waals surface area contributed by atoms with Crippen molar-refractivity contribution in [1.29, 1.82) is 0 Å². The second kappa shape index (κ2) is 10.3. The lowest BCUT2D eigenvalue weighted by Gasteiger charge is -2.19. The van der Waals surface area contributed by atoms with Gasteiger partial charge >= 0.3 is 0 Å². The van der Waals surface area contributed by atoms with Crippen molar-refractivity contribution < 1.29 is 9.53 Å². The number of carbonyl (C=O) groups excluding carboxylic acids is 1. The SMILES string of the molecule is CCOc1ccccc1CCCNC(=S)Nc1ccc(N2CCCC2=O)c(C)c1. The number of hydrogen-bond donors (Lipinski definition) is 2. The lowest BCUT2D eigenvalue weighted by molar-refractivity contribution is -0.117. The molecule has 0 aromatic heterocycles. The van der Waals surface area contributed by atoms with Gasteiger partial charge in [-0.25, -0.2) is 0 Å². The standard InChI is InChI=1S/C23H29N3O2S/c1-3-28-21-10-5-4-8-18(21)9-6-14-24-23(29)25-19-12-13-20(17(2)16-19)26-15-7-11-22(26)27/h4-5,8,10,12-13,16H,3,6-7,9,11,14-15H2,1-2H3,(H2,24,25,29). The van der Waals surface area contributed by atoms with Gasteiger partial charge in [-0.2, -0.15) is 0 Å². The van der Waals surface area contributed by atoms with Gasteiger partial charge < -0.3 is 20.3 Å². The number of carbonyl (C=O) groups is 1. The lowest BCUT2D eigenvalue weighted by Crippen LogP contribution is -2.29. The number of hydrogen-bond acceptors (Lipinski definition) is 3. The second-order valence-corrected chi connectivity index (χ2v) is 7.58. The minimum Gasteiger partial charge on any atom is -0.494 e. The maximum absolute atomic E-state index is 12.0. The Morgan fingerprint density at radius 1 is 1.24 bits per heavy atom. The summed E-state index contributed by atoms with van der Waals surface area (Å²) in [5, 5.41) is 7.10. The van der Waals surface area contributed by atoms with Crippen LogP contribution in [0.2, 0.25) is 0 Å². The first kappa shape index (κ1) is 21.1. The molecule has 0 spiro atoms. The normalized spacial score (nSPS) is 13.4. The first-order chi connectivity index (χ1) is 14.1. The zero-order valence-corrected chi connectivity index (χ0v) is 18.0. The third-order valence-corrected chi connectivity index (χ3v) is 5.25. The van der Waals surface area contributed by atoms with Crippen molar-refractivity contribution in [2.45, 2.75) is 39.5 Å². The first-order valence-electron chi connectivity index (χ1n) is 10.2. The number of nitrogens with one attached hydrogen (secondary N) is 2. The number of aryl methyl sites for hydroxylation is 2. The molecule has 1 saturated heterocycles. The highest BCUT2D eigenvalue weighted by molar-refractivity contribution is 7.80. The minimum atomic E-state index is 0.205. The third kappa shape index (κ3) is 5.70. The number of anilines is 2. The van der Waals surface area contributed by atoms with Crippen molar-refractivity contribution in [2.75, 3.05) is 29.9 Å². The molecule has 0 bridgehead atoms. The summed E-state index contributed by atoms with van der Waals surface area (Å²) >= 11 is 5.42. The molecule has 154 valence electrons. The van der Waals surface area contributed by atoms with E-state index in [-0.39, 0.29) is 5.91 Å². The van der Waals surface area contributed by atoms with Gasteiger partial charge in [-0.15, -0.1) is 0 Å². The van der Waals surface area contributed by atoms with Crippen LogP contribution >= 0.6 is 12.2 Å². The second-order valence-electron chi connectivity index (χ2n) is 7.18. The maximum Gasteiger partial charge on any atom is 0.227 e. The van der Waals surface area contributed by atoms with E-state index in [0.29, 0.717) is 18.1 Å². The highest BCUT2D eigenvalue weighted by atomic mass is 32.1. The fourth-order valence-corrected chi connectivity index (χ4v) is 3.82. The molecule has 0 atom stereocenters. The zero-order valence-electron chi connectivity index (χ0n) is 17.2. The van der Waals surface area contributed by atoms with Gasteiger partial charge in [0, 0.05) is 30.9 Å². The Balaban J connectivity index is 1.46. The van der Waals surface area contributed by atoms with E-state index < -0.39 is 0 Å². The van der Waals surface area contributed by atoms with Gasteiger partial charge in [0.05, 0.1) is 6.61 Å². The van der Waals surface area contributed by atoms with Crippen LogP contribution < -0.4 is 20.3 Å². The summed E-state index contributed by atoms with van der Waals surface area (Å²) in [5.74, 6) is 1.17. The molecule has 0 saturated carbocycles. The molecular weight excluding hydrogens is 382 g/mol. The van der Waals surface area contributed by atoms with Gasteiger partial charge in [0.2, 0.25) is 5.91 Å². The Morgan fingerprint density at radius 2 is 2.07 bits per heavy atom. The average molecular weight is 412 g/mol. The molecule has 0 unspecified atom stereocenters. The molecule has 2 N–H and O–H groups in total. The van der Waals surface area contributed by atoms with E-state index in [1.807, 2.05) is 55.1 Å². The smallest absolute Gasteiger partial charge is 0.227 e. The van der Waals surface area contributed by atoms with E-state index in [1.54, 1.807) is 0 Å². The molecule has 2 aromatic rings. The van der Waals surface area contributed by atoms with Crippen LogP contribution in [0.5, 0.6) is 5.75 Å². The monoisotopic (exact) mass is 411 g/mol. The summed E-state index contributed by atoms with van der Waals surface area (Å²) in [4.78, 5) is 13.8. The van der Waals surface area contributed by atoms with Crippen LogP contribution in [-0.2, 0) is 11.2 Å². The summed E-state index contributed by atoms with van der Waals surface area (Å²) in [6.45, 7) is 6.29. The van der Waals surface area contributed by atoms with Gasteiger partial charge in [-0.1, -0.05) is 18.2 Å². The number of thiocarbonyl (C=S) groups is 1. The van der Waals surface area contributed by atoms with Gasteiger partial charge in [0.15, 0.2) is 5.11 Å². The first-order valence-corrected chi connectivity index (χ1v) is 10.7. The van der Waals surface area contributed by atoms with Crippen LogP contribution in [0.15, 0.2) is 42.5 Å². The minimum absolute atomic E-state index is 0.205. The van der Waals surface area contributed by atoms with Crippen molar-refractivity contribution in [1.82, 2.24) is 5.32 Å². The van der Waals surface area contributed by atoms with Crippen LogP contribution in [0.25, 0.3) is 0 Å². The molecule has 1 aliphatic heterocycles. The molecule has 3 rings (SSSR count).